The molecule has 0 atom stereocenters. The first-order chi connectivity index (χ1) is 8.76. The van der Waals surface area contributed by atoms with Crippen LogP contribution in [0, 0.1) is 0 Å². The Labute approximate surface area is 111 Å². The standard InChI is InChI=1S/C14H28N2O2/c1-2-9-14(18)16(11-6-3-5-10-15)12-7-4-8-13-17/h2,9,17H,3-8,10-13,15H2,1H3/b9-2-. The van der Waals surface area contributed by atoms with Crippen molar-refractivity contribution in [3.63, 3.8) is 0 Å². The lowest BCUT2D eigenvalue weighted by Crippen LogP contribution is -2.31. The number of unbranched alkanes of at least 4 members (excludes halogenated alkanes) is 4. The molecular weight excluding hydrogens is 228 g/mol. The predicted octanol–water partition coefficient (Wildman–Crippen LogP) is 1.68. The number of aliphatic hydroxyl groups is 1. The van der Waals surface area contributed by atoms with Crippen LogP contribution in [0.4, 0.5) is 0 Å². The van der Waals surface area contributed by atoms with E-state index in [0.717, 1.165) is 58.2 Å². The number of hydrogen-bond acceptors (Lipinski definition) is 3. The number of carbonyl (C=O) groups excluding carboxylic acids is 1. The highest BCUT2D eigenvalue weighted by Crippen LogP contribution is 2.04. The van der Waals surface area contributed by atoms with Crippen LogP contribution in [0.15, 0.2) is 12.2 Å². The fraction of sp³-hybridized carbons (Fsp3) is 0.786. The third kappa shape index (κ3) is 9.19. The zero-order valence-corrected chi connectivity index (χ0v) is 11.6. The minimum Gasteiger partial charge on any atom is -0.396 e. The lowest BCUT2D eigenvalue weighted by molar-refractivity contribution is -0.126. The molecule has 3 N–H and O–H groups in total. The molecule has 0 saturated carbocycles. The van der Waals surface area contributed by atoms with E-state index in [1.807, 2.05) is 11.8 Å². The average molecular weight is 256 g/mol. The molecule has 4 heteroatoms. The Balaban J connectivity index is 3.96. The van der Waals surface area contributed by atoms with Gasteiger partial charge in [0.15, 0.2) is 0 Å². The molecule has 0 heterocycles. The molecule has 0 aromatic rings. The monoisotopic (exact) mass is 256 g/mol. The second-order valence-corrected chi connectivity index (χ2v) is 4.46. The highest BCUT2D eigenvalue weighted by Gasteiger charge is 2.09. The van der Waals surface area contributed by atoms with Gasteiger partial charge in [0.25, 0.3) is 0 Å². The number of aliphatic hydroxyl groups excluding tert-OH is 1. The molecule has 4 nitrogen and oxygen atoms in total. The lowest BCUT2D eigenvalue weighted by Gasteiger charge is -2.21. The van der Waals surface area contributed by atoms with Gasteiger partial charge in [0.2, 0.25) is 5.91 Å². The first-order valence-electron chi connectivity index (χ1n) is 6.98. The molecule has 0 rings (SSSR count). The van der Waals surface area contributed by atoms with Crippen molar-refractivity contribution in [3.8, 4) is 0 Å². The molecule has 0 saturated heterocycles. The molecule has 1 amide bonds. The van der Waals surface area contributed by atoms with Gasteiger partial charge in [0, 0.05) is 19.7 Å². The van der Waals surface area contributed by atoms with Crippen molar-refractivity contribution >= 4 is 5.91 Å². The van der Waals surface area contributed by atoms with E-state index in [4.69, 9.17) is 10.8 Å². The van der Waals surface area contributed by atoms with Crippen molar-refractivity contribution in [2.75, 3.05) is 26.2 Å². The predicted molar refractivity (Wildman–Crippen MR) is 75.2 cm³/mol. The van der Waals surface area contributed by atoms with Gasteiger partial charge in [-0.25, -0.2) is 0 Å². The van der Waals surface area contributed by atoms with E-state index in [9.17, 15) is 4.79 Å². The van der Waals surface area contributed by atoms with Gasteiger partial charge in [-0.15, -0.1) is 0 Å². The molecule has 106 valence electrons. The molecule has 0 fully saturated rings. The Morgan fingerprint density at radius 3 is 2.22 bits per heavy atom. The maximum atomic E-state index is 11.8. The summed E-state index contributed by atoms with van der Waals surface area (Å²) in [6.07, 6.45) is 9.26. The van der Waals surface area contributed by atoms with Gasteiger partial charge in [-0.1, -0.05) is 12.5 Å². The number of rotatable bonds is 11. The second-order valence-electron chi connectivity index (χ2n) is 4.46. The summed E-state index contributed by atoms with van der Waals surface area (Å²) in [5.41, 5.74) is 5.45. The summed E-state index contributed by atoms with van der Waals surface area (Å²) in [6.45, 7) is 4.41. The molecule has 0 aromatic carbocycles. The SMILES string of the molecule is C/C=C\C(=O)N(CCCCCN)CCCCCO. The third-order valence-electron chi connectivity index (χ3n) is 2.84. The van der Waals surface area contributed by atoms with Crippen LogP contribution in [0.25, 0.3) is 0 Å². The van der Waals surface area contributed by atoms with E-state index in [1.54, 1.807) is 12.2 Å². The molecular formula is C14H28N2O2. The topological polar surface area (TPSA) is 66.6 Å². The fourth-order valence-corrected chi connectivity index (χ4v) is 1.80. The molecule has 0 aliphatic heterocycles. The van der Waals surface area contributed by atoms with Gasteiger partial charge < -0.3 is 15.7 Å². The van der Waals surface area contributed by atoms with Gasteiger partial charge in [-0.2, -0.15) is 0 Å². The number of nitrogens with zero attached hydrogens (tertiary/aromatic N) is 1. The Morgan fingerprint density at radius 2 is 1.72 bits per heavy atom. The van der Waals surface area contributed by atoms with Crippen LogP contribution in [0.1, 0.15) is 45.4 Å². The minimum atomic E-state index is 0.0919. The average Bonchev–Trinajstić information content (AvgIpc) is 2.37. The number of nitrogens with two attached hydrogens (primary N) is 1. The Kier molecular flexibility index (Phi) is 12.0. The summed E-state index contributed by atoms with van der Waals surface area (Å²) in [5, 5.41) is 8.72. The lowest BCUT2D eigenvalue weighted by atomic mass is 10.2. The summed E-state index contributed by atoms with van der Waals surface area (Å²) >= 11 is 0. The van der Waals surface area contributed by atoms with Gasteiger partial charge in [0.1, 0.15) is 0 Å². The summed E-state index contributed by atoms with van der Waals surface area (Å²) in [5.74, 6) is 0.0919. The summed E-state index contributed by atoms with van der Waals surface area (Å²) in [6, 6.07) is 0. The van der Waals surface area contributed by atoms with Gasteiger partial charge in [0.05, 0.1) is 0 Å². The first kappa shape index (κ1) is 17.1. The highest BCUT2D eigenvalue weighted by atomic mass is 16.2. The Bertz CT molecular complexity index is 218. The smallest absolute Gasteiger partial charge is 0.246 e. The van der Waals surface area contributed by atoms with Crippen LogP contribution in [-0.2, 0) is 4.79 Å². The largest absolute Gasteiger partial charge is 0.396 e. The van der Waals surface area contributed by atoms with E-state index in [1.165, 1.54) is 0 Å². The van der Waals surface area contributed by atoms with Crippen molar-refractivity contribution < 1.29 is 9.90 Å². The zero-order valence-electron chi connectivity index (χ0n) is 11.6. The molecule has 0 bridgehead atoms. The van der Waals surface area contributed by atoms with Gasteiger partial charge in [-0.3, -0.25) is 4.79 Å². The van der Waals surface area contributed by atoms with Crippen molar-refractivity contribution in [2.24, 2.45) is 5.73 Å². The van der Waals surface area contributed by atoms with E-state index in [-0.39, 0.29) is 12.5 Å². The minimum absolute atomic E-state index is 0.0919. The van der Waals surface area contributed by atoms with Crippen molar-refractivity contribution in [2.45, 2.75) is 45.4 Å². The first-order valence-corrected chi connectivity index (χ1v) is 6.98. The maximum Gasteiger partial charge on any atom is 0.246 e. The maximum absolute atomic E-state index is 11.8. The van der Waals surface area contributed by atoms with Gasteiger partial charge >= 0.3 is 0 Å². The molecule has 18 heavy (non-hydrogen) atoms. The number of hydrogen-bond donors (Lipinski definition) is 2. The summed E-state index contributed by atoms with van der Waals surface area (Å²) in [4.78, 5) is 13.7. The van der Waals surface area contributed by atoms with Crippen molar-refractivity contribution in [3.05, 3.63) is 12.2 Å². The fourth-order valence-electron chi connectivity index (χ4n) is 1.80. The van der Waals surface area contributed by atoms with E-state index in [0.29, 0.717) is 0 Å². The Morgan fingerprint density at radius 1 is 1.11 bits per heavy atom. The van der Waals surface area contributed by atoms with Crippen LogP contribution in [-0.4, -0.2) is 42.2 Å². The number of allylic oxidation sites excluding steroid dienone is 1. The number of carbonyl (C=O) groups is 1. The molecule has 0 aromatic heterocycles. The normalized spacial score (nSPS) is 11.1. The van der Waals surface area contributed by atoms with E-state index in [2.05, 4.69) is 0 Å². The quantitative estimate of drug-likeness (QED) is 0.436. The molecule has 0 spiro atoms. The van der Waals surface area contributed by atoms with Crippen molar-refractivity contribution in [1.29, 1.82) is 0 Å². The van der Waals surface area contributed by atoms with Crippen LogP contribution < -0.4 is 5.73 Å². The zero-order chi connectivity index (χ0) is 13.6. The van der Waals surface area contributed by atoms with Crippen LogP contribution in [0.3, 0.4) is 0 Å². The Hall–Kier alpha value is -0.870. The van der Waals surface area contributed by atoms with E-state index < -0.39 is 0 Å². The van der Waals surface area contributed by atoms with E-state index >= 15 is 0 Å². The summed E-state index contributed by atoms with van der Waals surface area (Å²) in [7, 11) is 0. The molecule has 0 unspecified atom stereocenters. The van der Waals surface area contributed by atoms with Crippen LogP contribution in [0.2, 0.25) is 0 Å². The number of amides is 1. The molecule has 0 radical (unpaired) electrons. The van der Waals surface area contributed by atoms with Crippen LogP contribution in [0.5, 0.6) is 0 Å². The summed E-state index contributed by atoms with van der Waals surface area (Å²) < 4.78 is 0. The van der Waals surface area contributed by atoms with Crippen LogP contribution >= 0.6 is 0 Å². The highest BCUT2D eigenvalue weighted by molar-refractivity contribution is 5.87. The second kappa shape index (κ2) is 12.6. The van der Waals surface area contributed by atoms with Crippen molar-refractivity contribution in [1.82, 2.24) is 4.90 Å². The molecule has 0 aliphatic rings. The molecule has 0 aliphatic carbocycles. The third-order valence-corrected chi connectivity index (χ3v) is 2.84. The van der Waals surface area contributed by atoms with Gasteiger partial charge in [-0.05, 0) is 51.6 Å².